The molecule has 0 unspecified atom stereocenters. The first kappa shape index (κ1) is 17.2. The number of halogens is 3. The van der Waals surface area contributed by atoms with Gasteiger partial charge in [0.1, 0.15) is 11.5 Å². The molecule has 0 saturated carbocycles. The van der Waals surface area contributed by atoms with E-state index in [1.54, 1.807) is 19.2 Å². The van der Waals surface area contributed by atoms with Crippen LogP contribution in [0.3, 0.4) is 0 Å². The molecule has 0 aliphatic heterocycles. The molecule has 0 bridgehead atoms. The predicted molar refractivity (Wildman–Crippen MR) is 88.7 cm³/mol. The third kappa shape index (κ3) is 3.74. The summed E-state index contributed by atoms with van der Waals surface area (Å²) < 4.78 is 44.0. The van der Waals surface area contributed by atoms with Crippen LogP contribution in [0.1, 0.15) is 27.4 Å². The number of thiazole rings is 1. The van der Waals surface area contributed by atoms with Gasteiger partial charge in [0.05, 0.1) is 16.8 Å². The minimum absolute atomic E-state index is 0.198. The van der Waals surface area contributed by atoms with E-state index in [-0.39, 0.29) is 16.9 Å². The highest BCUT2D eigenvalue weighted by Gasteiger charge is 2.30. The summed E-state index contributed by atoms with van der Waals surface area (Å²) in [5.41, 5.74) is 0.513. The smallest absolute Gasteiger partial charge is 0.416 e. The number of amides is 1. The maximum Gasteiger partial charge on any atom is 0.416 e. The molecule has 1 N–H and O–H groups in total. The number of carbonyl (C=O) groups is 1. The molecular formula is C17H13F3N2O2S. The van der Waals surface area contributed by atoms with Crippen molar-refractivity contribution in [3.05, 3.63) is 58.3 Å². The molecule has 0 radical (unpaired) electrons. The summed E-state index contributed by atoms with van der Waals surface area (Å²) in [5.74, 6) is 0.0936. The van der Waals surface area contributed by atoms with E-state index in [0.717, 1.165) is 17.8 Å². The lowest BCUT2D eigenvalue weighted by atomic mass is 10.1. The maximum absolute atomic E-state index is 12.8. The Morgan fingerprint density at radius 1 is 1.24 bits per heavy atom. The molecular weight excluding hydrogens is 353 g/mol. The molecule has 3 rings (SSSR count). The lowest BCUT2D eigenvalue weighted by Gasteiger charge is -2.07. The van der Waals surface area contributed by atoms with Gasteiger partial charge in [-0.25, -0.2) is 4.98 Å². The van der Waals surface area contributed by atoms with Gasteiger partial charge in [-0.15, -0.1) is 11.3 Å². The Balaban J connectivity index is 1.89. The van der Waals surface area contributed by atoms with Crippen molar-refractivity contribution in [2.75, 3.05) is 5.32 Å². The molecule has 1 amide bonds. The van der Waals surface area contributed by atoms with Gasteiger partial charge in [0.15, 0.2) is 5.13 Å². The second-order valence-electron chi connectivity index (χ2n) is 5.41. The molecule has 25 heavy (non-hydrogen) atoms. The number of nitrogens with zero attached hydrogens (tertiary/aromatic N) is 1. The molecule has 0 aliphatic rings. The van der Waals surface area contributed by atoms with Gasteiger partial charge in [0.2, 0.25) is 0 Å². The van der Waals surface area contributed by atoms with Crippen LogP contribution < -0.4 is 5.32 Å². The van der Waals surface area contributed by atoms with Crippen molar-refractivity contribution in [1.82, 2.24) is 4.98 Å². The van der Waals surface area contributed by atoms with E-state index >= 15 is 0 Å². The first-order valence-corrected chi connectivity index (χ1v) is 8.13. The Kier molecular flexibility index (Phi) is 4.38. The van der Waals surface area contributed by atoms with Crippen molar-refractivity contribution >= 4 is 22.4 Å². The van der Waals surface area contributed by atoms with Crippen LogP contribution >= 0.6 is 11.3 Å². The molecule has 130 valence electrons. The number of alkyl halides is 3. The molecule has 0 fully saturated rings. The summed E-state index contributed by atoms with van der Waals surface area (Å²) in [6, 6.07) is 6.20. The number of furan rings is 1. The van der Waals surface area contributed by atoms with E-state index in [9.17, 15) is 18.0 Å². The van der Waals surface area contributed by atoms with E-state index in [1.807, 2.05) is 0 Å². The van der Waals surface area contributed by atoms with Crippen LogP contribution in [-0.4, -0.2) is 10.9 Å². The summed E-state index contributed by atoms with van der Waals surface area (Å²) in [5, 5.41) is 4.89. The molecule has 0 atom stereocenters. The third-order valence-corrected chi connectivity index (χ3v) is 4.35. The Bertz CT molecular complexity index is 928. The Morgan fingerprint density at radius 3 is 2.64 bits per heavy atom. The van der Waals surface area contributed by atoms with Gasteiger partial charge in [-0.2, -0.15) is 13.2 Å². The highest BCUT2D eigenvalue weighted by molar-refractivity contribution is 7.13. The van der Waals surface area contributed by atoms with Crippen molar-refractivity contribution in [3.63, 3.8) is 0 Å². The summed E-state index contributed by atoms with van der Waals surface area (Å²) in [6.45, 7) is 3.39. The summed E-state index contributed by atoms with van der Waals surface area (Å²) in [6.07, 6.45) is -4.44. The molecule has 3 aromatic rings. The van der Waals surface area contributed by atoms with Crippen LogP contribution in [0.4, 0.5) is 18.3 Å². The van der Waals surface area contributed by atoms with Gasteiger partial charge in [0.25, 0.3) is 5.91 Å². The van der Waals surface area contributed by atoms with E-state index < -0.39 is 17.6 Å². The Morgan fingerprint density at radius 2 is 2.00 bits per heavy atom. The van der Waals surface area contributed by atoms with Gasteiger partial charge >= 0.3 is 6.18 Å². The normalized spacial score (nSPS) is 11.6. The van der Waals surface area contributed by atoms with Crippen molar-refractivity contribution in [3.8, 4) is 11.3 Å². The predicted octanol–water partition coefficient (Wildman–Crippen LogP) is 5.29. The van der Waals surface area contributed by atoms with Crippen LogP contribution in [0.2, 0.25) is 0 Å². The van der Waals surface area contributed by atoms with Crippen LogP contribution in [-0.2, 0) is 6.18 Å². The maximum atomic E-state index is 12.8. The first-order valence-electron chi connectivity index (χ1n) is 7.25. The fourth-order valence-corrected chi connectivity index (χ4v) is 2.96. The van der Waals surface area contributed by atoms with E-state index in [4.69, 9.17) is 4.42 Å². The SMILES string of the molecule is Cc1csc(NC(=O)c2cc(-c3cccc(C(F)(F)F)c3)oc2C)n1. The number of anilines is 1. The zero-order valence-corrected chi connectivity index (χ0v) is 14.1. The molecule has 0 spiro atoms. The number of carbonyl (C=O) groups excluding carboxylic acids is 1. The number of aryl methyl sites for hydroxylation is 2. The fourth-order valence-electron chi connectivity index (χ4n) is 2.27. The number of nitrogens with one attached hydrogen (secondary N) is 1. The van der Waals surface area contributed by atoms with Crippen LogP contribution in [0.5, 0.6) is 0 Å². The highest BCUT2D eigenvalue weighted by Crippen LogP contribution is 2.33. The zero-order chi connectivity index (χ0) is 18.2. The third-order valence-electron chi connectivity index (χ3n) is 3.48. The van der Waals surface area contributed by atoms with Crippen molar-refractivity contribution in [1.29, 1.82) is 0 Å². The molecule has 2 heterocycles. The van der Waals surface area contributed by atoms with Crippen LogP contribution in [0.15, 0.2) is 40.1 Å². The standard InChI is InChI=1S/C17H13F3N2O2S/c1-9-8-25-16(21-9)22-15(23)13-7-14(24-10(13)2)11-4-3-5-12(6-11)17(18,19)20/h3-8H,1-2H3,(H,21,22,23). The van der Waals surface area contributed by atoms with Gasteiger partial charge in [0, 0.05) is 10.9 Å². The monoisotopic (exact) mass is 366 g/mol. The van der Waals surface area contributed by atoms with E-state index in [0.29, 0.717) is 10.9 Å². The molecule has 1 aromatic carbocycles. The molecule has 8 heteroatoms. The number of hydrogen-bond acceptors (Lipinski definition) is 4. The van der Waals surface area contributed by atoms with Gasteiger partial charge in [-0.3, -0.25) is 10.1 Å². The first-order chi connectivity index (χ1) is 11.7. The van der Waals surface area contributed by atoms with Crippen molar-refractivity contribution < 1.29 is 22.4 Å². The lowest BCUT2D eigenvalue weighted by molar-refractivity contribution is -0.137. The topological polar surface area (TPSA) is 55.1 Å². The average molecular weight is 366 g/mol. The summed E-state index contributed by atoms with van der Waals surface area (Å²) >= 11 is 1.29. The Hall–Kier alpha value is -2.61. The minimum atomic E-state index is -4.44. The molecule has 0 aliphatic carbocycles. The second-order valence-corrected chi connectivity index (χ2v) is 6.27. The largest absolute Gasteiger partial charge is 0.461 e. The number of aromatic nitrogens is 1. The highest BCUT2D eigenvalue weighted by atomic mass is 32.1. The summed E-state index contributed by atoms with van der Waals surface area (Å²) in [4.78, 5) is 16.5. The Labute approximate surface area is 145 Å². The van der Waals surface area contributed by atoms with Gasteiger partial charge in [-0.05, 0) is 32.0 Å². The van der Waals surface area contributed by atoms with Crippen molar-refractivity contribution in [2.45, 2.75) is 20.0 Å². The molecule has 2 aromatic heterocycles. The number of benzene rings is 1. The molecule has 0 saturated heterocycles. The van der Waals surface area contributed by atoms with Gasteiger partial charge < -0.3 is 4.42 Å². The number of hydrogen-bond donors (Lipinski definition) is 1. The minimum Gasteiger partial charge on any atom is -0.461 e. The van der Waals surface area contributed by atoms with E-state index in [2.05, 4.69) is 10.3 Å². The number of rotatable bonds is 3. The summed E-state index contributed by atoms with van der Waals surface area (Å²) in [7, 11) is 0. The van der Waals surface area contributed by atoms with Gasteiger partial charge in [-0.1, -0.05) is 12.1 Å². The average Bonchev–Trinajstić information content (AvgIpc) is 3.12. The fraction of sp³-hybridized carbons (Fsp3) is 0.176. The zero-order valence-electron chi connectivity index (χ0n) is 13.3. The van der Waals surface area contributed by atoms with Crippen LogP contribution in [0.25, 0.3) is 11.3 Å². The van der Waals surface area contributed by atoms with Crippen LogP contribution in [0, 0.1) is 13.8 Å². The molecule has 4 nitrogen and oxygen atoms in total. The second kappa shape index (κ2) is 6.36. The lowest BCUT2D eigenvalue weighted by Crippen LogP contribution is -2.11. The van der Waals surface area contributed by atoms with Crippen molar-refractivity contribution in [2.24, 2.45) is 0 Å². The quantitative estimate of drug-likeness (QED) is 0.685. The van der Waals surface area contributed by atoms with E-state index in [1.165, 1.54) is 29.5 Å².